The molecule has 1 aliphatic rings. The first-order valence-electron chi connectivity index (χ1n) is 9.32. The van der Waals surface area contributed by atoms with Crippen LogP contribution < -0.4 is 0 Å². The number of carbonyl (C=O) groups excluding carboxylic acids is 2. The molecule has 0 aromatic heterocycles. The van der Waals surface area contributed by atoms with Crippen molar-refractivity contribution in [1.29, 1.82) is 0 Å². The maximum Gasteiger partial charge on any atom is 0.307 e. The third-order valence-corrected chi connectivity index (χ3v) is 4.99. The molecule has 4 nitrogen and oxygen atoms in total. The molecule has 0 saturated carbocycles. The summed E-state index contributed by atoms with van der Waals surface area (Å²) in [6.45, 7) is 5.07. The van der Waals surface area contributed by atoms with Gasteiger partial charge >= 0.3 is 5.97 Å². The fourth-order valence-electron chi connectivity index (χ4n) is 3.93. The highest BCUT2D eigenvalue weighted by molar-refractivity contribution is 5.76. The van der Waals surface area contributed by atoms with Gasteiger partial charge in [0.1, 0.15) is 5.76 Å². The quantitative estimate of drug-likeness (QED) is 0.722. The molecule has 0 fully saturated rings. The lowest BCUT2D eigenvalue weighted by atomic mass is 9.84. The van der Waals surface area contributed by atoms with E-state index in [1.54, 1.807) is 6.92 Å². The predicted molar refractivity (Wildman–Crippen MR) is 105 cm³/mol. The summed E-state index contributed by atoms with van der Waals surface area (Å²) in [6, 6.07) is 19.4. The molecule has 0 unspecified atom stereocenters. The van der Waals surface area contributed by atoms with Crippen molar-refractivity contribution in [3.8, 4) is 0 Å². The van der Waals surface area contributed by atoms with E-state index in [9.17, 15) is 9.59 Å². The third kappa shape index (κ3) is 3.95. The van der Waals surface area contributed by atoms with Crippen molar-refractivity contribution >= 4 is 11.9 Å². The molecular weight excluding hydrogens is 338 g/mol. The van der Waals surface area contributed by atoms with Crippen molar-refractivity contribution in [3.05, 3.63) is 83.1 Å². The number of carbonyl (C=O) groups is 2. The summed E-state index contributed by atoms with van der Waals surface area (Å²) in [6.07, 6.45) is 1.20. The summed E-state index contributed by atoms with van der Waals surface area (Å²) < 4.78 is 5.63. The van der Waals surface area contributed by atoms with Crippen molar-refractivity contribution in [3.63, 3.8) is 0 Å². The second kappa shape index (κ2) is 8.21. The highest BCUT2D eigenvalue weighted by Gasteiger charge is 2.39. The normalized spacial score (nSPS) is 19.7. The van der Waals surface area contributed by atoms with Gasteiger partial charge in [0.25, 0.3) is 0 Å². The molecule has 0 radical (unpaired) electrons. The van der Waals surface area contributed by atoms with Crippen LogP contribution in [0.2, 0.25) is 0 Å². The monoisotopic (exact) mass is 363 g/mol. The number of ether oxygens (including phenoxy) is 1. The van der Waals surface area contributed by atoms with Crippen LogP contribution in [0.15, 0.2) is 72.0 Å². The van der Waals surface area contributed by atoms with Gasteiger partial charge in [-0.15, -0.1) is 0 Å². The zero-order valence-electron chi connectivity index (χ0n) is 16.0. The fraction of sp³-hybridized carbons (Fsp3) is 0.304. The van der Waals surface area contributed by atoms with E-state index in [-0.39, 0.29) is 24.0 Å². The van der Waals surface area contributed by atoms with Gasteiger partial charge in [-0.2, -0.15) is 0 Å². The summed E-state index contributed by atoms with van der Waals surface area (Å²) in [7, 11) is 0. The van der Waals surface area contributed by atoms with Gasteiger partial charge in [-0.1, -0.05) is 67.6 Å². The average Bonchev–Trinajstić information content (AvgIpc) is 2.67. The summed E-state index contributed by atoms with van der Waals surface area (Å²) in [5, 5.41) is 0. The van der Waals surface area contributed by atoms with Gasteiger partial charge in [0.05, 0.1) is 12.1 Å². The fourth-order valence-corrected chi connectivity index (χ4v) is 3.93. The zero-order chi connectivity index (χ0) is 19.4. The second-order valence-electron chi connectivity index (χ2n) is 6.77. The van der Waals surface area contributed by atoms with Crippen molar-refractivity contribution < 1.29 is 14.3 Å². The number of esters is 1. The van der Waals surface area contributed by atoms with Gasteiger partial charge in [-0.25, -0.2) is 0 Å². The van der Waals surface area contributed by atoms with Gasteiger partial charge in [-0.3, -0.25) is 9.59 Å². The van der Waals surface area contributed by atoms with Crippen LogP contribution in [-0.2, 0) is 14.3 Å². The van der Waals surface area contributed by atoms with Crippen molar-refractivity contribution in [2.45, 2.75) is 45.7 Å². The molecule has 1 heterocycles. The Kier molecular flexibility index (Phi) is 5.75. The lowest BCUT2D eigenvalue weighted by Crippen LogP contribution is -2.41. The Hall–Kier alpha value is -2.88. The van der Waals surface area contributed by atoms with Crippen molar-refractivity contribution in [1.82, 2.24) is 4.90 Å². The molecule has 1 amide bonds. The molecule has 2 aromatic carbocycles. The molecule has 1 aliphatic heterocycles. The third-order valence-electron chi connectivity index (χ3n) is 4.99. The largest absolute Gasteiger partial charge is 0.431 e. The molecular formula is C23H25NO3. The summed E-state index contributed by atoms with van der Waals surface area (Å²) in [4.78, 5) is 26.4. The zero-order valence-corrected chi connectivity index (χ0v) is 16.0. The van der Waals surface area contributed by atoms with Gasteiger partial charge in [-0.05, 0) is 23.1 Å². The van der Waals surface area contributed by atoms with Crippen molar-refractivity contribution in [2.24, 2.45) is 0 Å². The Bertz CT molecular complexity index is 842. The van der Waals surface area contributed by atoms with Crippen LogP contribution in [0.5, 0.6) is 0 Å². The Morgan fingerprint density at radius 2 is 1.52 bits per heavy atom. The van der Waals surface area contributed by atoms with E-state index in [0.717, 1.165) is 16.7 Å². The van der Waals surface area contributed by atoms with Crippen LogP contribution in [0, 0.1) is 0 Å². The summed E-state index contributed by atoms with van der Waals surface area (Å²) in [5.74, 6) is 0.363. The Balaban J connectivity index is 2.20. The molecule has 0 spiro atoms. The van der Waals surface area contributed by atoms with Crippen LogP contribution in [0.3, 0.4) is 0 Å². The van der Waals surface area contributed by atoms with Crippen LogP contribution >= 0.6 is 0 Å². The number of nitrogens with zero attached hydrogens (tertiary/aromatic N) is 1. The van der Waals surface area contributed by atoms with E-state index in [4.69, 9.17) is 4.74 Å². The molecule has 0 N–H and O–H groups in total. The van der Waals surface area contributed by atoms with E-state index >= 15 is 0 Å². The first-order valence-corrected chi connectivity index (χ1v) is 9.32. The van der Waals surface area contributed by atoms with E-state index in [1.807, 2.05) is 72.5 Å². The van der Waals surface area contributed by atoms with E-state index in [2.05, 4.69) is 0 Å². The standard InChI is InChI=1S/C23H25NO3/c1-4-20-22(27-17(3)26)15-21(18-11-7-5-8-12-18)24(16(2)25)23(20)19-13-9-6-10-14-19/h5-14,21,23H,4,15H2,1-3H3/t21-,23-/m1/s1. The Morgan fingerprint density at radius 1 is 0.963 bits per heavy atom. The molecule has 140 valence electrons. The lowest BCUT2D eigenvalue weighted by Gasteiger charge is -2.44. The van der Waals surface area contributed by atoms with E-state index in [0.29, 0.717) is 18.6 Å². The first-order chi connectivity index (χ1) is 13.0. The maximum absolute atomic E-state index is 12.8. The van der Waals surface area contributed by atoms with Gasteiger partial charge in [0.15, 0.2) is 0 Å². The summed E-state index contributed by atoms with van der Waals surface area (Å²) >= 11 is 0. The number of amides is 1. The van der Waals surface area contributed by atoms with Gasteiger partial charge < -0.3 is 9.64 Å². The number of rotatable bonds is 4. The number of hydrogen-bond donors (Lipinski definition) is 0. The maximum atomic E-state index is 12.8. The average molecular weight is 363 g/mol. The minimum Gasteiger partial charge on any atom is -0.431 e. The molecule has 4 heteroatoms. The second-order valence-corrected chi connectivity index (χ2v) is 6.77. The minimum absolute atomic E-state index is 0.00512. The van der Waals surface area contributed by atoms with Crippen molar-refractivity contribution in [2.75, 3.05) is 0 Å². The van der Waals surface area contributed by atoms with Crippen LogP contribution in [0.25, 0.3) is 0 Å². The molecule has 0 bridgehead atoms. The van der Waals surface area contributed by atoms with Gasteiger partial charge in [0, 0.05) is 20.3 Å². The Morgan fingerprint density at radius 3 is 2.00 bits per heavy atom. The summed E-state index contributed by atoms with van der Waals surface area (Å²) in [5.41, 5.74) is 3.04. The Labute approximate surface area is 160 Å². The molecule has 0 saturated heterocycles. The van der Waals surface area contributed by atoms with Gasteiger partial charge in [0.2, 0.25) is 5.91 Å². The van der Waals surface area contributed by atoms with E-state index in [1.165, 1.54) is 6.92 Å². The number of hydrogen-bond acceptors (Lipinski definition) is 3. The molecule has 27 heavy (non-hydrogen) atoms. The predicted octanol–water partition coefficient (Wildman–Crippen LogP) is 4.95. The SMILES string of the molecule is CCC1=C(OC(C)=O)C[C@H](c2ccccc2)N(C(C)=O)[C@@H]1c1ccccc1. The molecule has 0 aliphatic carbocycles. The molecule has 2 atom stereocenters. The molecule has 2 aromatic rings. The highest BCUT2D eigenvalue weighted by Crippen LogP contribution is 2.46. The topological polar surface area (TPSA) is 46.6 Å². The lowest BCUT2D eigenvalue weighted by molar-refractivity contribution is -0.139. The minimum atomic E-state index is -0.328. The molecule has 3 rings (SSSR count). The first kappa shape index (κ1) is 18.9. The van der Waals surface area contributed by atoms with Crippen LogP contribution in [-0.4, -0.2) is 16.8 Å². The van der Waals surface area contributed by atoms with Crippen LogP contribution in [0.4, 0.5) is 0 Å². The highest BCUT2D eigenvalue weighted by atomic mass is 16.5. The van der Waals surface area contributed by atoms with E-state index < -0.39 is 0 Å². The smallest absolute Gasteiger partial charge is 0.307 e. The number of benzene rings is 2. The van der Waals surface area contributed by atoms with Crippen LogP contribution in [0.1, 0.15) is 56.8 Å².